The van der Waals surface area contributed by atoms with Crippen molar-refractivity contribution >= 4 is 33.2 Å². The molecule has 0 saturated carbocycles. The first kappa shape index (κ1) is 20.4. The zero-order valence-corrected chi connectivity index (χ0v) is 17.1. The Kier molecular flexibility index (Phi) is 5.28. The van der Waals surface area contributed by atoms with Gasteiger partial charge >= 0.3 is 0 Å². The van der Waals surface area contributed by atoms with Gasteiger partial charge in [-0.05, 0) is 30.7 Å². The minimum atomic E-state index is -2.68. The highest BCUT2D eigenvalue weighted by atomic mass is 32.3. The van der Waals surface area contributed by atoms with Crippen LogP contribution in [0.15, 0.2) is 30.5 Å². The van der Waals surface area contributed by atoms with Gasteiger partial charge in [0.25, 0.3) is 5.91 Å². The number of ether oxygens (including phenoxy) is 1. The molecule has 0 spiro atoms. The van der Waals surface area contributed by atoms with Crippen LogP contribution >= 0.6 is 10.6 Å². The summed E-state index contributed by atoms with van der Waals surface area (Å²) >= 11 is 0. The first-order valence-electron chi connectivity index (χ1n) is 9.35. The lowest BCUT2D eigenvalue weighted by atomic mass is 10.1. The average Bonchev–Trinajstić information content (AvgIpc) is 3.13. The number of fused-ring (bicyclic) bond motifs is 1. The molecule has 0 aliphatic carbocycles. The molecule has 1 saturated heterocycles. The molecule has 1 fully saturated rings. The zero-order chi connectivity index (χ0) is 21.5. The lowest BCUT2D eigenvalue weighted by Crippen LogP contribution is -2.48. The van der Waals surface area contributed by atoms with Gasteiger partial charge in [0, 0.05) is 22.7 Å². The molecule has 1 aliphatic rings. The number of anilines is 1. The van der Waals surface area contributed by atoms with Gasteiger partial charge in [0.1, 0.15) is 17.3 Å². The molecule has 3 heterocycles. The van der Waals surface area contributed by atoms with E-state index in [0.29, 0.717) is 35.1 Å². The Morgan fingerprint density at radius 2 is 2.17 bits per heavy atom. The summed E-state index contributed by atoms with van der Waals surface area (Å²) in [6.45, 7) is 0. The molecule has 0 unspecified atom stereocenters. The van der Waals surface area contributed by atoms with Crippen molar-refractivity contribution in [2.45, 2.75) is 18.5 Å². The lowest BCUT2D eigenvalue weighted by Gasteiger charge is -2.43. The van der Waals surface area contributed by atoms with Crippen LogP contribution in [0.2, 0.25) is 0 Å². The predicted molar refractivity (Wildman–Crippen MR) is 117 cm³/mol. The summed E-state index contributed by atoms with van der Waals surface area (Å²) in [4.78, 5) is 23.9. The van der Waals surface area contributed by atoms with Gasteiger partial charge in [-0.25, -0.2) is 9.97 Å². The largest absolute Gasteiger partial charge is 0.497 e. The van der Waals surface area contributed by atoms with Crippen molar-refractivity contribution in [1.82, 2.24) is 15.0 Å². The topological polar surface area (TPSA) is 172 Å². The number of hydrogen-bond acceptors (Lipinski definition) is 8. The fourth-order valence-electron chi connectivity index (χ4n) is 3.55. The van der Waals surface area contributed by atoms with Crippen molar-refractivity contribution in [2.24, 2.45) is 11.5 Å². The number of rotatable bonds is 5. The van der Waals surface area contributed by atoms with Gasteiger partial charge in [0.05, 0.1) is 30.8 Å². The van der Waals surface area contributed by atoms with E-state index in [-0.39, 0.29) is 23.5 Å². The molecule has 3 aromatic rings. The van der Waals surface area contributed by atoms with Gasteiger partial charge < -0.3 is 26.5 Å². The van der Waals surface area contributed by atoms with E-state index in [1.165, 1.54) is 6.20 Å². The fraction of sp³-hybridized carbons (Fsp3) is 0.316. The van der Waals surface area contributed by atoms with Crippen molar-refractivity contribution in [2.75, 3.05) is 23.9 Å². The van der Waals surface area contributed by atoms with Crippen LogP contribution in [0.3, 0.4) is 0 Å². The van der Waals surface area contributed by atoms with Crippen molar-refractivity contribution < 1.29 is 18.6 Å². The molecule has 0 bridgehead atoms. The third-order valence-electron chi connectivity index (χ3n) is 5.16. The molecule has 4 rings (SSSR count). The Hall–Kier alpha value is -2.86. The van der Waals surface area contributed by atoms with E-state index in [0.717, 1.165) is 10.9 Å². The van der Waals surface area contributed by atoms with Crippen LogP contribution in [0.25, 0.3) is 22.3 Å². The summed E-state index contributed by atoms with van der Waals surface area (Å²) in [6.07, 6.45) is 1.88. The Morgan fingerprint density at radius 1 is 1.37 bits per heavy atom. The molecule has 160 valence electrons. The summed E-state index contributed by atoms with van der Waals surface area (Å²) in [6, 6.07) is 6.75. The number of methoxy groups -OCH3 is 1. The third-order valence-corrected chi connectivity index (χ3v) is 6.95. The first-order valence-corrected chi connectivity index (χ1v) is 11.2. The van der Waals surface area contributed by atoms with Crippen LogP contribution < -0.4 is 21.5 Å². The number of carbonyl (C=O) groups excluding carboxylic acids is 1. The van der Waals surface area contributed by atoms with Gasteiger partial charge in [0.2, 0.25) is 0 Å². The Bertz CT molecular complexity index is 1100. The first-order chi connectivity index (χ1) is 14.3. The maximum Gasteiger partial charge on any atom is 0.269 e. The van der Waals surface area contributed by atoms with Gasteiger partial charge in [-0.15, -0.1) is 0 Å². The standard InChI is InChI=1S/C19H24N6O4S/c1-29-11-2-3-13-10(6-11)7-14(23-13)17-18(19(21)26)22-8-16(25-17)24-15-9-30(27,28)5-4-12(15)20/h2-3,6-8,12,15,23,27-28H,4-5,9,20H2,1H3,(H2,21,26)(H,24,25)/t12-,15+/m0/s1. The van der Waals surface area contributed by atoms with Gasteiger partial charge in [-0.1, -0.05) is 0 Å². The molecular formula is C19H24N6O4S. The van der Waals surface area contributed by atoms with Crippen LogP contribution in [-0.2, 0) is 0 Å². The fourth-order valence-corrected chi connectivity index (χ4v) is 5.27. The second-order valence-electron chi connectivity index (χ2n) is 7.33. The highest BCUT2D eigenvalue weighted by molar-refractivity contribution is 8.24. The number of nitrogens with two attached hydrogens (primary N) is 2. The molecule has 2 aromatic heterocycles. The second-order valence-corrected chi connectivity index (χ2v) is 9.68. The normalized spacial score (nSPS) is 21.9. The van der Waals surface area contributed by atoms with E-state index < -0.39 is 16.5 Å². The van der Waals surface area contributed by atoms with E-state index in [1.807, 2.05) is 24.3 Å². The molecule has 1 aliphatic heterocycles. The molecule has 8 N–H and O–H groups in total. The Labute approximate surface area is 174 Å². The number of primary amides is 1. The maximum atomic E-state index is 11.9. The van der Waals surface area contributed by atoms with Crippen LogP contribution in [0.1, 0.15) is 16.9 Å². The summed E-state index contributed by atoms with van der Waals surface area (Å²) in [5, 5.41) is 4.01. The number of benzene rings is 1. The van der Waals surface area contributed by atoms with Crippen molar-refractivity contribution in [3.8, 4) is 17.1 Å². The molecule has 10 nitrogen and oxygen atoms in total. The van der Waals surface area contributed by atoms with Crippen LogP contribution in [0.5, 0.6) is 5.75 Å². The molecule has 0 radical (unpaired) electrons. The van der Waals surface area contributed by atoms with Crippen LogP contribution in [0.4, 0.5) is 5.82 Å². The second kappa shape index (κ2) is 7.76. The minimum Gasteiger partial charge on any atom is -0.497 e. The van der Waals surface area contributed by atoms with Crippen LogP contribution in [-0.4, -0.2) is 60.7 Å². The lowest BCUT2D eigenvalue weighted by molar-refractivity contribution is 0.0996. The third kappa shape index (κ3) is 4.05. The Morgan fingerprint density at radius 3 is 2.90 bits per heavy atom. The number of amides is 1. The highest BCUT2D eigenvalue weighted by Crippen LogP contribution is 2.44. The van der Waals surface area contributed by atoms with Gasteiger partial charge in [0.15, 0.2) is 5.69 Å². The number of hydrogen-bond donors (Lipinski definition) is 6. The summed E-state index contributed by atoms with van der Waals surface area (Å²) < 4.78 is 25.3. The zero-order valence-electron chi connectivity index (χ0n) is 16.3. The van der Waals surface area contributed by atoms with Crippen LogP contribution in [0, 0.1) is 0 Å². The van der Waals surface area contributed by atoms with E-state index in [9.17, 15) is 13.9 Å². The molecule has 2 atom stereocenters. The monoisotopic (exact) mass is 432 g/mol. The highest BCUT2D eigenvalue weighted by Gasteiger charge is 2.31. The van der Waals surface area contributed by atoms with E-state index in [2.05, 4.69) is 20.3 Å². The number of H-pyrrole nitrogens is 1. The summed E-state index contributed by atoms with van der Waals surface area (Å²) in [5.41, 5.74) is 13.4. The molecule has 1 aromatic carbocycles. The number of aromatic amines is 1. The number of carbonyl (C=O) groups is 1. The maximum absolute atomic E-state index is 11.9. The van der Waals surface area contributed by atoms with Crippen molar-refractivity contribution in [3.63, 3.8) is 0 Å². The van der Waals surface area contributed by atoms with Crippen molar-refractivity contribution in [1.29, 1.82) is 0 Å². The molecule has 11 heteroatoms. The van der Waals surface area contributed by atoms with E-state index >= 15 is 0 Å². The minimum absolute atomic E-state index is 0.0244. The van der Waals surface area contributed by atoms with Gasteiger partial charge in [-0.3, -0.25) is 13.9 Å². The number of nitrogens with zero attached hydrogens (tertiary/aromatic N) is 2. The molecule has 30 heavy (non-hydrogen) atoms. The quantitative estimate of drug-likeness (QED) is 0.355. The summed E-state index contributed by atoms with van der Waals surface area (Å²) in [5.74, 6) is 0.791. The van der Waals surface area contributed by atoms with E-state index in [4.69, 9.17) is 16.2 Å². The SMILES string of the molecule is COc1ccc2[nH]c(-c3nc(N[C@@H]4CS(O)(O)CC[C@@H]4N)cnc3C(N)=O)cc2c1. The smallest absolute Gasteiger partial charge is 0.269 e. The average molecular weight is 433 g/mol. The van der Waals surface area contributed by atoms with Crippen molar-refractivity contribution in [3.05, 3.63) is 36.2 Å². The van der Waals surface area contributed by atoms with E-state index in [1.54, 1.807) is 7.11 Å². The number of nitrogens with one attached hydrogen (secondary N) is 2. The molecular weight excluding hydrogens is 408 g/mol. The predicted octanol–water partition coefficient (Wildman–Crippen LogP) is 1.99. The van der Waals surface area contributed by atoms with Gasteiger partial charge in [-0.2, -0.15) is 10.6 Å². The Balaban J connectivity index is 1.71. The summed E-state index contributed by atoms with van der Waals surface area (Å²) in [7, 11) is -1.09. The molecule has 1 amide bonds. The number of aromatic nitrogens is 3.